The van der Waals surface area contributed by atoms with Gasteiger partial charge in [-0.1, -0.05) is 20.3 Å². The molecule has 2 fully saturated rings. The molecule has 6 atom stereocenters. The molecule has 4 rings (SSSR count). The predicted octanol–water partition coefficient (Wildman–Crippen LogP) is 2.91. The first-order chi connectivity index (χ1) is 11.5. The van der Waals surface area contributed by atoms with Crippen LogP contribution in [0.3, 0.4) is 0 Å². The van der Waals surface area contributed by atoms with Crippen LogP contribution in [0.25, 0.3) is 0 Å². The highest BCUT2D eigenvalue weighted by molar-refractivity contribution is 5.24. The van der Waals surface area contributed by atoms with Crippen LogP contribution in [0.2, 0.25) is 0 Å². The monoisotopic (exact) mass is 331 g/mol. The van der Waals surface area contributed by atoms with Crippen molar-refractivity contribution in [2.45, 2.75) is 58.8 Å². The Bertz CT molecular complexity index is 599. The number of aliphatic hydroxyl groups is 1. The minimum Gasteiger partial charge on any atom is -0.396 e. The van der Waals surface area contributed by atoms with Crippen molar-refractivity contribution in [3.63, 3.8) is 0 Å². The van der Waals surface area contributed by atoms with Gasteiger partial charge in [-0.2, -0.15) is 5.10 Å². The van der Waals surface area contributed by atoms with Gasteiger partial charge in [0.25, 0.3) is 0 Å². The Morgan fingerprint density at radius 2 is 2.12 bits per heavy atom. The van der Waals surface area contributed by atoms with E-state index in [0.717, 1.165) is 25.3 Å². The van der Waals surface area contributed by atoms with Gasteiger partial charge in [0, 0.05) is 12.3 Å². The van der Waals surface area contributed by atoms with Gasteiger partial charge in [-0.3, -0.25) is 5.10 Å². The molecule has 1 aromatic heterocycles. The van der Waals surface area contributed by atoms with Gasteiger partial charge >= 0.3 is 0 Å². The number of hydrogen-bond donors (Lipinski definition) is 3. The lowest BCUT2D eigenvalue weighted by Crippen LogP contribution is -2.52. The lowest BCUT2D eigenvalue weighted by atomic mass is 9.50. The molecular formula is C20H33N3O. The maximum atomic E-state index is 10.2. The summed E-state index contributed by atoms with van der Waals surface area (Å²) in [6.45, 7) is 6.00. The van der Waals surface area contributed by atoms with Crippen molar-refractivity contribution in [3.8, 4) is 0 Å². The number of hydrogen-bond acceptors (Lipinski definition) is 3. The van der Waals surface area contributed by atoms with Crippen LogP contribution in [-0.2, 0) is 12.8 Å². The van der Waals surface area contributed by atoms with E-state index in [9.17, 15) is 5.11 Å². The molecule has 0 aromatic carbocycles. The van der Waals surface area contributed by atoms with Crippen LogP contribution in [0, 0.1) is 34.5 Å². The number of nitrogens with zero attached hydrogens (tertiary/aromatic N) is 1. The van der Waals surface area contributed by atoms with Crippen molar-refractivity contribution in [2.24, 2.45) is 40.2 Å². The van der Waals surface area contributed by atoms with Crippen molar-refractivity contribution in [3.05, 3.63) is 17.5 Å². The van der Waals surface area contributed by atoms with E-state index >= 15 is 0 Å². The fraction of sp³-hybridized carbons (Fsp3) is 0.850. The van der Waals surface area contributed by atoms with Crippen molar-refractivity contribution in [2.75, 3.05) is 13.2 Å². The first-order valence-electron chi connectivity index (χ1n) is 9.84. The lowest BCUT2D eigenvalue weighted by Gasteiger charge is -2.55. The van der Waals surface area contributed by atoms with E-state index in [4.69, 9.17) is 5.73 Å². The number of rotatable bonds is 3. The zero-order chi connectivity index (χ0) is 16.9. The van der Waals surface area contributed by atoms with E-state index in [0.29, 0.717) is 23.2 Å². The molecule has 24 heavy (non-hydrogen) atoms. The lowest BCUT2D eigenvalue weighted by molar-refractivity contribution is -0.0605. The standard InChI is InChI=1S/C20H33N3O/c1-19-6-3-4-16(19)15(10-21)17(5-7-19)20(2)9-13-11-22-23-18(13)8-14(20)12-24/h11,14-17,24H,3-10,12,21H2,1-2H3,(H,22,23)/t14-,15+,16+,17+,19+,20-/m1/s1. The number of nitrogens with one attached hydrogen (secondary N) is 1. The molecule has 1 heterocycles. The Kier molecular flexibility index (Phi) is 4.04. The molecule has 4 heteroatoms. The minimum absolute atomic E-state index is 0.138. The Morgan fingerprint density at radius 3 is 2.88 bits per heavy atom. The second-order valence-corrected chi connectivity index (χ2v) is 9.34. The van der Waals surface area contributed by atoms with Gasteiger partial charge in [0.1, 0.15) is 0 Å². The van der Waals surface area contributed by atoms with Crippen LogP contribution < -0.4 is 5.73 Å². The Hall–Kier alpha value is -0.870. The first-order valence-corrected chi connectivity index (χ1v) is 9.84. The van der Waals surface area contributed by atoms with Gasteiger partial charge in [0.2, 0.25) is 0 Å². The van der Waals surface area contributed by atoms with E-state index in [-0.39, 0.29) is 12.0 Å². The molecule has 0 unspecified atom stereocenters. The summed E-state index contributed by atoms with van der Waals surface area (Å²) >= 11 is 0. The summed E-state index contributed by atoms with van der Waals surface area (Å²) in [5, 5.41) is 17.6. The third kappa shape index (κ3) is 2.29. The third-order valence-corrected chi connectivity index (χ3v) is 8.32. The van der Waals surface area contributed by atoms with Gasteiger partial charge in [0.05, 0.1) is 6.20 Å². The van der Waals surface area contributed by atoms with E-state index in [1.54, 1.807) is 0 Å². The van der Waals surface area contributed by atoms with Crippen LogP contribution in [0.4, 0.5) is 0 Å². The summed E-state index contributed by atoms with van der Waals surface area (Å²) in [5.74, 6) is 2.33. The van der Waals surface area contributed by atoms with Crippen LogP contribution in [-0.4, -0.2) is 28.5 Å². The smallest absolute Gasteiger partial charge is 0.0522 e. The number of H-pyrrole nitrogens is 1. The van der Waals surface area contributed by atoms with Crippen LogP contribution in [0.1, 0.15) is 57.2 Å². The molecule has 1 aromatic rings. The Morgan fingerprint density at radius 1 is 1.29 bits per heavy atom. The molecule has 2 saturated carbocycles. The molecule has 0 radical (unpaired) electrons. The zero-order valence-corrected chi connectivity index (χ0v) is 15.2. The van der Waals surface area contributed by atoms with Crippen LogP contribution >= 0.6 is 0 Å². The second kappa shape index (κ2) is 5.84. The Balaban J connectivity index is 1.68. The van der Waals surface area contributed by atoms with E-state index < -0.39 is 0 Å². The largest absolute Gasteiger partial charge is 0.396 e. The molecule has 3 aliphatic rings. The Labute approximate surface area is 145 Å². The third-order valence-electron chi connectivity index (χ3n) is 8.32. The fourth-order valence-electron chi connectivity index (χ4n) is 6.84. The maximum Gasteiger partial charge on any atom is 0.0522 e. The molecule has 134 valence electrons. The highest BCUT2D eigenvalue weighted by Crippen LogP contribution is 2.61. The summed E-state index contributed by atoms with van der Waals surface area (Å²) < 4.78 is 0. The topological polar surface area (TPSA) is 74.9 Å². The average Bonchev–Trinajstić information content (AvgIpc) is 3.17. The highest BCUT2D eigenvalue weighted by Gasteiger charge is 2.55. The molecular weight excluding hydrogens is 298 g/mol. The minimum atomic E-state index is 0.138. The molecule has 4 N–H and O–H groups in total. The molecule has 0 amide bonds. The molecule has 3 aliphatic carbocycles. The molecule has 4 nitrogen and oxygen atoms in total. The van der Waals surface area contributed by atoms with Crippen molar-refractivity contribution >= 4 is 0 Å². The highest BCUT2D eigenvalue weighted by atomic mass is 16.3. The summed E-state index contributed by atoms with van der Waals surface area (Å²) in [4.78, 5) is 0. The van der Waals surface area contributed by atoms with Crippen LogP contribution in [0.15, 0.2) is 6.20 Å². The predicted molar refractivity (Wildman–Crippen MR) is 95.4 cm³/mol. The average molecular weight is 332 g/mol. The number of aromatic amines is 1. The second-order valence-electron chi connectivity index (χ2n) is 9.34. The molecule has 0 saturated heterocycles. The van der Waals surface area contributed by atoms with Crippen molar-refractivity contribution in [1.29, 1.82) is 0 Å². The first kappa shape index (κ1) is 16.6. The van der Waals surface area contributed by atoms with Gasteiger partial charge < -0.3 is 10.8 Å². The fourth-order valence-corrected chi connectivity index (χ4v) is 6.84. The van der Waals surface area contributed by atoms with E-state index in [2.05, 4.69) is 24.0 Å². The number of aliphatic hydroxyl groups excluding tert-OH is 1. The maximum absolute atomic E-state index is 10.2. The number of aromatic nitrogens is 2. The SMILES string of the molecule is C[C@@]12CCC[C@H]1[C@H](CN)[C@@H]([C@]1(C)Cc3cn[nH]c3C[C@@H]1CO)CC2. The van der Waals surface area contributed by atoms with Gasteiger partial charge in [0.15, 0.2) is 0 Å². The normalized spacial score (nSPS) is 45.0. The molecule has 0 spiro atoms. The summed E-state index contributed by atoms with van der Waals surface area (Å²) in [6, 6.07) is 0. The zero-order valence-electron chi connectivity index (χ0n) is 15.2. The number of nitrogens with two attached hydrogens (primary N) is 1. The van der Waals surface area contributed by atoms with E-state index in [1.807, 2.05) is 6.20 Å². The quantitative estimate of drug-likeness (QED) is 0.797. The molecule has 0 bridgehead atoms. The summed E-state index contributed by atoms with van der Waals surface area (Å²) in [5.41, 5.74) is 9.60. The van der Waals surface area contributed by atoms with Gasteiger partial charge in [-0.25, -0.2) is 0 Å². The number of fused-ring (bicyclic) bond motifs is 2. The summed E-state index contributed by atoms with van der Waals surface area (Å²) in [6.07, 6.45) is 10.7. The van der Waals surface area contributed by atoms with Gasteiger partial charge in [-0.05, 0) is 85.1 Å². The van der Waals surface area contributed by atoms with Crippen LogP contribution in [0.5, 0.6) is 0 Å². The van der Waals surface area contributed by atoms with Crippen molar-refractivity contribution in [1.82, 2.24) is 10.2 Å². The van der Waals surface area contributed by atoms with Gasteiger partial charge in [-0.15, -0.1) is 0 Å². The summed E-state index contributed by atoms with van der Waals surface area (Å²) in [7, 11) is 0. The van der Waals surface area contributed by atoms with Crippen molar-refractivity contribution < 1.29 is 5.11 Å². The van der Waals surface area contributed by atoms with E-state index in [1.165, 1.54) is 43.4 Å². The molecule has 0 aliphatic heterocycles.